The van der Waals surface area contributed by atoms with Crippen LogP contribution in [0.3, 0.4) is 0 Å². The van der Waals surface area contributed by atoms with Gasteiger partial charge in [0.15, 0.2) is 9.84 Å². The fourth-order valence-electron chi connectivity index (χ4n) is 5.70. The SMILES string of the molecule is COc1cc(S(C)(=O)=O)ccc1NCC#Cc1cc(C(=O)N[C@H]2CCN(CC3CC3(F)F)C[C@@H]2C)c2ncn(CC(F)(F)F)c2c1. The number of amides is 1. The van der Waals surface area contributed by atoms with Crippen LogP contribution in [0.15, 0.2) is 41.6 Å². The molecule has 0 radical (unpaired) electrons. The first kappa shape index (κ1) is 33.5. The lowest BCUT2D eigenvalue weighted by Gasteiger charge is -2.37. The minimum atomic E-state index is -4.53. The largest absolute Gasteiger partial charge is 0.495 e. The molecule has 9 nitrogen and oxygen atoms in total. The number of nitrogens with one attached hydrogen (secondary N) is 2. The maximum absolute atomic E-state index is 13.5. The van der Waals surface area contributed by atoms with Gasteiger partial charge in [0.2, 0.25) is 0 Å². The summed E-state index contributed by atoms with van der Waals surface area (Å²) in [6, 6.07) is 6.99. The Balaban J connectivity index is 1.34. The zero-order valence-electron chi connectivity index (χ0n) is 25.4. The van der Waals surface area contributed by atoms with Crippen LogP contribution in [0.4, 0.5) is 27.6 Å². The Hall–Kier alpha value is -3.90. The van der Waals surface area contributed by atoms with Crippen molar-refractivity contribution in [3.63, 3.8) is 0 Å². The second-order valence-electron chi connectivity index (χ2n) is 11.9. The average Bonchev–Trinajstić information content (AvgIpc) is 3.38. The number of rotatable bonds is 9. The van der Waals surface area contributed by atoms with Crippen LogP contribution in [0, 0.1) is 23.7 Å². The number of imidazole rings is 1. The molecule has 1 saturated carbocycles. The quantitative estimate of drug-likeness (QED) is 0.255. The number of hydrogen-bond donors (Lipinski definition) is 2. The van der Waals surface area contributed by atoms with E-state index in [0.717, 1.165) is 17.2 Å². The van der Waals surface area contributed by atoms with Crippen molar-refractivity contribution in [1.82, 2.24) is 19.8 Å². The fraction of sp³-hybridized carbons (Fsp3) is 0.484. The number of alkyl halides is 5. The molecule has 5 rings (SSSR count). The van der Waals surface area contributed by atoms with Crippen molar-refractivity contribution >= 4 is 32.5 Å². The van der Waals surface area contributed by atoms with Gasteiger partial charge in [0, 0.05) is 55.9 Å². The second-order valence-corrected chi connectivity index (χ2v) is 14.0. The molecule has 0 spiro atoms. The Morgan fingerprint density at radius 1 is 1.22 bits per heavy atom. The Morgan fingerprint density at radius 3 is 2.59 bits per heavy atom. The Morgan fingerprint density at radius 2 is 1.96 bits per heavy atom. The van der Waals surface area contributed by atoms with E-state index in [1.807, 2.05) is 11.8 Å². The number of hydrogen-bond acceptors (Lipinski definition) is 7. The van der Waals surface area contributed by atoms with E-state index in [1.54, 1.807) is 0 Å². The number of likely N-dealkylation sites (tertiary alicyclic amines) is 1. The number of carbonyl (C=O) groups excluding carboxylic acids is 1. The van der Waals surface area contributed by atoms with Crippen LogP contribution in [0.2, 0.25) is 0 Å². The van der Waals surface area contributed by atoms with Gasteiger partial charge in [-0.3, -0.25) is 4.79 Å². The fourth-order valence-corrected chi connectivity index (χ4v) is 6.34. The third-order valence-electron chi connectivity index (χ3n) is 8.26. The standard InChI is InChI=1S/C31H34F5N5O4S/c1-19-15-40(16-21-14-30(21,32)33)10-8-24(19)39-29(42)23-11-20(12-26-28(23)38-18-41(26)17-31(34,35)36)5-4-9-37-25-7-6-22(46(3,43)44)13-27(25)45-2/h6-7,11-13,18-19,21,24,37H,8-10,14-17H2,1-3H3,(H,39,42)/t19-,21?,24-/m0/s1. The number of ether oxygens (including phenoxy) is 1. The number of halogens is 5. The summed E-state index contributed by atoms with van der Waals surface area (Å²) >= 11 is 0. The van der Waals surface area contributed by atoms with Crippen LogP contribution >= 0.6 is 0 Å². The zero-order valence-corrected chi connectivity index (χ0v) is 26.2. The third kappa shape index (κ3) is 7.90. The van der Waals surface area contributed by atoms with Gasteiger partial charge in [0.25, 0.3) is 11.8 Å². The highest BCUT2D eigenvalue weighted by molar-refractivity contribution is 7.90. The summed E-state index contributed by atoms with van der Waals surface area (Å²) in [5, 5.41) is 6.00. The van der Waals surface area contributed by atoms with Gasteiger partial charge in [-0.15, -0.1) is 0 Å². The first-order valence-electron chi connectivity index (χ1n) is 14.6. The van der Waals surface area contributed by atoms with Crippen molar-refractivity contribution in [2.75, 3.05) is 44.9 Å². The molecule has 1 aromatic heterocycles. The number of piperidine rings is 1. The zero-order chi connectivity index (χ0) is 33.4. The Labute approximate surface area is 263 Å². The maximum atomic E-state index is 13.5. The van der Waals surface area contributed by atoms with E-state index < -0.39 is 40.3 Å². The Kier molecular flexibility index (Phi) is 9.25. The molecule has 248 valence electrons. The molecule has 1 amide bonds. The molecule has 3 aromatic rings. The van der Waals surface area contributed by atoms with Crippen molar-refractivity contribution in [1.29, 1.82) is 0 Å². The van der Waals surface area contributed by atoms with Gasteiger partial charge in [-0.1, -0.05) is 18.8 Å². The molecule has 2 aliphatic rings. The summed E-state index contributed by atoms with van der Waals surface area (Å²) in [7, 11) is -2.05. The monoisotopic (exact) mass is 667 g/mol. The van der Waals surface area contributed by atoms with Gasteiger partial charge in [0.1, 0.15) is 17.8 Å². The van der Waals surface area contributed by atoms with Crippen molar-refractivity contribution in [2.45, 2.75) is 49.3 Å². The summed E-state index contributed by atoms with van der Waals surface area (Å²) in [6.07, 6.45) is -1.97. The smallest absolute Gasteiger partial charge is 0.406 e. The molecule has 15 heteroatoms. The molecule has 2 heterocycles. The Bertz CT molecular complexity index is 1800. The molecule has 1 aliphatic carbocycles. The van der Waals surface area contributed by atoms with Crippen molar-refractivity contribution < 1.29 is 39.9 Å². The predicted octanol–water partition coefficient (Wildman–Crippen LogP) is 4.57. The van der Waals surface area contributed by atoms with Gasteiger partial charge >= 0.3 is 6.18 Å². The van der Waals surface area contributed by atoms with Crippen molar-refractivity contribution in [3.8, 4) is 17.6 Å². The van der Waals surface area contributed by atoms with Gasteiger partial charge < -0.3 is 24.8 Å². The minimum absolute atomic E-state index is 0.0408. The van der Waals surface area contributed by atoms with Gasteiger partial charge in [-0.2, -0.15) is 13.2 Å². The van der Waals surface area contributed by atoms with E-state index in [-0.39, 0.29) is 57.7 Å². The van der Waals surface area contributed by atoms with Crippen molar-refractivity contribution in [2.24, 2.45) is 11.8 Å². The summed E-state index contributed by atoms with van der Waals surface area (Å²) in [5.74, 6) is 2.26. The average molecular weight is 668 g/mol. The highest BCUT2D eigenvalue weighted by atomic mass is 32.2. The molecule has 1 aliphatic heterocycles. The van der Waals surface area contributed by atoms with Crippen LogP contribution in [0.1, 0.15) is 35.7 Å². The van der Waals surface area contributed by atoms with E-state index >= 15 is 0 Å². The van der Waals surface area contributed by atoms with Crippen LogP contribution < -0.4 is 15.4 Å². The van der Waals surface area contributed by atoms with Gasteiger partial charge in [-0.05, 0) is 36.6 Å². The molecule has 1 unspecified atom stereocenters. The normalized spacial score (nSPS) is 21.3. The van der Waals surface area contributed by atoms with Crippen molar-refractivity contribution in [3.05, 3.63) is 47.8 Å². The summed E-state index contributed by atoms with van der Waals surface area (Å²) in [4.78, 5) is 19.7. The molecule has 0 bridgehead atoms. The molecular formula is C31H34F5N5O4S. The number of nitrogens with zero attached hydrogens (tertiary/aromatic N) is 3. The number of methoxy groups -OCH3 is 1. The number of benzene rings is 2. The third-order valence-corrected chi connectivity index (χ3v) is 9.37. The predicted molar refractivity (Wildman–Crippen MR) is 162 cm³/mol. The van der Waals surface area contributed by atoms with E-state index in [0.29, 0.717) is 31.7 Å². The van der Waals surface area contributed by atoms with E-state index in [1.165, 1.54) is 37.4 Å². The maximum Gasteiger partial charge on any atom is 0.406 e. The minimum Gasteiger partial charge on any atom is -0.495 e. The van der Waals surface area contributed by atoms with Crippen LogP contribution in [-0.2, 0) is 16.4 Å². The second kappa shape index (κ2) is 12.7. The van der Waals surface area contributed by atoms with Crippen LogP contribution in [-0.4, -0.2) is 86.5 Å². The summed E-state index contributed by atoms with van der Waals surface area (Å²) in [6.45, 7) is 2.07. The first-order chi connectivity index (χ1) is 21.5. The van der Waals surface area contributed by atoms with Gasteiger partial charge in [0.05, 0.1) is 41.6 Å². The van der Waals surface area contributed by atoms with E-state index in [2.05, 4.69) is 27.5 Å². The number of aromatic nitrogens is 2. The van der Waals surface area contributed by atoms with E-state index in [9.17, 15) is 35.2 Å². The molecule has 2 aromatic carbocycles. The van der Waals surface area contributed by atoms with E-state index in [4.69, 9.17) is 4.74 Å². The molecule has 2 fully saturated rings. The lowest BCUT2D eigenvalue weighted by molar-refractivity contribution is -0.140. The topological polar surface area (TPSA) is 106 Å². The highest BCUT2D eigenvalue weighted by Gasteiger charge is 2.57. The summed E-state index contributed by atoms with van der Waals surface area (Å²) < 4.78 is 96.7. The molecule has 2 N–H and O–H groups in total. The number of sulfone groups is 1. The number of anilines is 1. The lowest BCUT2D eigenvalue weighted by Crippen LogP contribution is -2.50. The molecular weight excluding hydrogens is 633 g/mol. The molecule has 46 heavy (non-hydrogen) atoms. The first-order valence-corrected chi connectivity index (χ1v) is 16.5. The highest BCUT2D eigenvalue weighted by Crippen LogP contribution is 2.49. The van der Waals surface area contributed by atoms with Gasteiger partial charge in [-0.25, -0.2) is 22.2 Å². The number of carbonyl (C=O) groups is 1. The number of fused-ring (bicyclic) bond motifs is 1. The molecule has 3 atom stereocenters. The van der Waals surface area contributed by atoms with Crippen LogP contribution in [0.25, 0.3) is 11.0 Å². The molecule has 1 saturated heterocycles. The lowest BCUT2D eigenvalue weighted by atomic mass is 9.93. The van der Waals surface area contributed by atoms with Crippen LogP contribution in [0.5, 0.6) is 5.75 Å². The summed E-state index contributed by atoms with van der Waals surface area (Å²) in [5.41, 5.74) is 1.03.